The Balaban J connectivity index is 4.31. The lowest BCUT2D eigenvalue weighted by atomic mass is 9.96. The van der Waals surface area contributed by atoms with E-state index in [4.69, 9.17) is 9.47 Å². The number of hydrogen-bond donors (Lipinski definition) is 0. The van der Waals surface area contributed by atoms with Gasteiger partial charge >= 0.3 is 11.9 Å². The SMILES string of the molecule is C=C(/C=C/C(=C)C(=C)C(=C)CCCCCCCCCC)OC(=O)CCC(=O)OC(=C)/C=C/C(=C)C(=C)C(=C)CCCCCCCCCC. The van der Waals surface area contributed by atoms with Gasteiger partial charge in [0.25, 0.3) is 0 Å². The highest BCUT2D eigenvalue weighted by Crippen LogP contribution is 2.23. The van der Waals surface area contributed by atoms with Crippen molar-refractivity contribution in [3.63, 3.8) is 0 Å². The fourth-order valence-electron chi connectivity index (χ4n) is 4.96. The van der Waals surface area contributed by atoms with Crippen molar-refractivity contribution >= 4 is 11.9 Å². The molecule has 0 aromatic heterocycles. The molecule has 0 aliphatic carbocycles. The molecule has 48 heavy (non-hydrogen) atoms. The molecule has 0 aromatic rings. The second kappa shape index (κ2) is 28.4. The predicted octanol–water partition coefficient (Wildman–Crippen LogP) is 13.4. The van der Waals surface area contributed by atoms with Crippen LogP contribution in [0.3, 0.4) is 0 Å². The molecule has 0 heterocycles. The summed E-state index contributed by atoms with van der Waals surface area (Å²) < 4.78 is 10.4. The minimum absolute atomic E-state index is 0.145. The summed E-state index contributed by atoms with van der Waals surface area (Å²) in [6.45, 7) is 36.7. The summed E-state index contributed by atoms with van der Waals surface area (Å²) in [6, 6.07) is 0. The van der Waals surface area contributed by atoms with Crippen LogP contribution in [-0.4, -0.2) is 11.9 Å². The molecule has 0 bridgehead atoms. The van der Waals surface area contributed by atoms with Gasteiger partial charge in [-0.25, -0.2) is 0 Å². The molecule has 0 radical (unpaired) electrons. The van der Waals surface area contributed by atoms with Gasteiger partial charge in [0.05, 0.1) is 12.8 Å². The van der Waals surface area contributed by atoms with Crippen molar-refractivity contribution < 1.29 is 19.1 Å². The van der Waals surface area contributed by atoms with Crippen molar-refractivity contribution in [3.8, 4) is 0 Å². The minimum atomic E-state index is -0.592. The Bertz CT molecular complexity index is 1080. The van der Waals surface area contributed by atoms with Gasteiger partial charge in [0, 0.05) is 0 Å². The molecule has 0 atom stereocenters. The number of carbonyl (C=O) groups excluding carboxylic acids is 2. The molecule has 0 spiro atoms. The first-order valence-corrected chi connectivity index (χ1v) is 18.2. The van der Waals surface area contributed by atoms with Gasteiger partial charge in [-0.3, -0.25) is 9.59 Å². The fourth-order valence-corrected chi connectivity index (χ4v) is 4.96. The number of allylic oxidation sites excluding steroid dienone is 10. The van der Waals surface area contributed by atoms with Crippen LogP contribution in [0.2, 0.25) is 0 Å². The average molecular weight is 659 g/mol. The number of hydrogen-bond acceptors (Lipinski definition) is 4. The molecule has 4 nitrogen and oxygen atoms in total. The molecule has 266 valence electrons. The fraction of sp³-hybridized carbons (Fsp3) is 0.500. The van der Waals surface area contributed by atoms with Crippen LogP contribution in [0, 0.1) is 0 Å². The summed E-state index contributed by atoms with van der Waals surface area (Å²) in [4.78, 5) is 24.5. The van der Waals surface area contributed by atoms with Crippen LogP contribution in [0.5, 0.6) is 0 Å². The zero-order chi connectivity index (χ0) is 36.2. The largest absolute Gasteiger partial charge is 0.427 e. The summed E-state index contributed by atoms with van der Waals surface area (Å²) in [5.74, 6) is -0.894. The summed E-state index contributed by atoms with van der Waals surface area (Å²) in [5, 5.41) is 0. The van der Waals surface area contributed by atoms with E-state index in [9.17, 15) is 9.59 Å². The third-order valence-electron chi connectivity index (χ3n) is 8.26. The zero-order valence-corrected chi connectivity index (χ0v) is 30.7. The monoisotopic (exact) mass is 658 g/mol. The van der Waals surface area contributed by atoms with Gasteiger partial charge in [-0.2, -0.15) is 0 Å². The van der Waals surface area contributed by atoms with Gasteiger partial charge in [-0.15, -0.1) is 0 Å². The number of ether oxygens (including phenoxy) is 2. The maximum atomic E-state index is 12.2. The van der Waals surface area contributed by atoms with Crippen molar-refractivity contribution in [3.05, 3.63) is 122 Å². The highest BCUT2D eigenvalue weighted by atomic mass is 16.5. The number of rotatable bonds is 31. The van der Waals surface area contributed by atoms with Crippen LogP contribution in [0.15, 0.2) is 122 Å². The normalized spacial score (nSPS) is 11.0. The first-order chi connectivity index (χ1) is 22.9. The lowest BCUT2D eigenvalue weighted by Gasteiger charge is -2.10. The van der Waals surface area contributed by atoms with Crippen molar-refractivity contribution in [2.45, 2.75) is 142 Å². The van der Waals surface area contributed by atoms with Crippen LogP contribution in [-0.2, 0) is 19.1 Å². The molecule has 0 aliphatic rings. The second-order valence-electron chi connectivity index (χ2n) is 12.7. The maximum absolute atomic E-state index is 12.2. The number of carbonyl (C=O) groups is 2. The van der Waals surface area contributed by atoms with E-state index in [0.717, 1.165) is 48.0 Å². The van der Waals surface area contributed by atoms with E-state index in [-0.39, 0.29) is 24.4 Å². The standard InChI is InChI=1S/C44H66O4/c1-11-13-15-17-19-21-23-25-27-35(3)41(9)37(5)29-31-39(7)47-43(45)33-34-44(46)48-40(8)32-30-38(6)42(10)36(4)28-26-24-22-20-18-16-14-12-2/h29-32H,3-28,33-34H2,1-2H3/b31-29+,32-30+. The first kappa shape index (κ1) is 44.3. The van der Waals surface area contributed by atoms with Crippen molar-refractivity contribution in [2.24, 2.45) is 0 Å². The van der Waals surface area contributed by atoms with E-state index >= 15 is 0 Å². The van der Waals surface area contributed by atoms with Crippen LogP contribution >= 0.6 is 0 Å². The van der Waals surface area contributed by atoms with Gasteiger partial charge in [-0.05, 0) is 71.3 Å². The van der Waals surface area contributed by atoms with Crippen molar-refractivity contribution in [1.29, 1.82) is 0 Å². The lowest BCUT2D eigenvalue weighted by molar-refractivity contribution is -0.145. The summed E-state index contributed by atoms with van der Waals surface area (Å²) in [6.07, 6.45) is 28.1. The molecule has 0 fully saturated rings. The number of esters is 2. The van der Waals surface area contributed by atoms with Gasteiger partial charge < -0.3 is 9.47 Å². The Labute approximate surface area is 294 Å². The van der Waals surface area contributed by atoms with E-state index in [1.807, 2.05) is 0 Å². The molecule has 0 saturated heterocycles. The Morgan fingerprint density at radius 3 is 1.02 bits per heavy atom. The first-order valence-electron chi connectivity index (χ1n) is 18.2. The highest BCUT2D eigenvalue weighted by Gasteiger charge is 2.11. The predicted molar refractivity (Wildman–Crippen MR) is 207 cm³/mol. The third kappa shape index (κ3) is 23.6. The molecule has 0 amide bonds. The minimum Gasteiger partial charge on any atom is -0.427 e. The molecule has 4 heteroatoms. The maximum Gasteiger partial charge on any atom is 0.311 e. The van der Waals surface area contributed by atoms with Crippen LogP contribution in [0.1, 0.15) is 142 Å². The zero-order valence-electron chi connectivity index (χ0n) is 30.7. The molecule has 0 aliphatic heterocycles. The Hall–Kier alpha value is -3.66. The quantitative estimate of drug-likeness (QED) is 0.0322. The van der Waals surface area contributed by atoms with Gasteiger partial charge in [0.2, 0.25) is 0 Å². The van der Waals surface area contributed by atoms with E-state index in [1.54, 1.807) is 24.3 Å². The topological polar surface area (TPSA) is 52.6 Å². The number of unbranched alkanes of at least 4 members (excludes halogenated alkanes) is 14. The average Bonchev–Trinajstić information content (AvgIpc) is 3.06. The van der Waals surface area contributed by atoms with Crippen molar-refractivity contribution in [1.82, 2.24) is 0 Å². The molecule has 0 aromatic carbocycles. The molecular weight excluding hydrogens is 592 g/mol. The molecule has 0 rings (SSSR count). The Morgan fingerprint density at radius 2 is 0.708 bits per heavy atom. The summed E-state index contributed by atoms with van der Waals surface area (Å²) >= 11 is 0. The molecule has 0 unspecified atom stereocenters. The second-order valence-corrected chi connectivity index (χ2v) is 12.7. The van der Waals surface area contributed by atoms with Crippen LogP contribution in [0.4, 0.5) is 0 Å². The Kier molecular flexibility index (Phi) is 26.2. The van der Waals surface area contributed by atoms with Crippen LogP contribution < -0.4 is 0 Å². The smallest absolute Gasteiger partial charge is 0.311 e. The molecule has 0 N–H and O–H groups in total. The van der Waals surface area contributed by atoms with Crippen LogP contribution in [0.25, 0.3) is 0 Å². The summed E-state index contributed by atoms with van der Waals surface area (Å²) in [5.41, 5.74) is 4.85. The van der Waals surface area contributed by atoms with Gasteiger partial charge in [0.1, 0.15) is 11.5 Å². The van der Waals surface area contributed by atoms with E-state index in [0.29, 0.717) is 11.1 Å². The van der Waals surface area contributed by atoms with Gasteiger partial charge in [-0.1, -0.05) is 169 Å². The third-order valence-corrected chi connectivity index (χ3v) is 8.26. The lowest BCUT2D eigenvalue weighted by Crippen LogP contribution is -2.09. The molecule has 0 saturated carbocycles. The van der Waals surface area contributed by atoms with Gasteiger partial charge in [0.15, 0.2) is 0 Å². The Morgan fingerprint density at radius 1 is 0.417 bits per heavy atom. The van der Waals surface area contributed by atoms with E-state index in [1.165, 1.54) is 89.9 Å². The summed E-state index contributed by atoms with van der Waals surface area (Å²) in [7, 11) is 0. The highest BCUT2D eigenvalue weighted by molar-refractivity contribution is 5.79. The van der Waals surface area contributed by atoms with Crippen molar-refractivity contribution in [2.75, 3.05) is 0 Å². The molecular formula is C44H66O4. The van der Waals surface area contributed by atoms with E-state index in [2.05, 4.69) is 66.5 Å². The van der Waals surface area contributed by atoms with E-state index < -0.39 is 11.9 Å².